The van der Waals surface area contributed by atoms with E-state index in [2.05, 4.69) is 21.4 Å². The summed E-state index contributed by atoms with van der Waals surface area (Å²) in [6.07, 6.45) is -4.12. The number of piperidine rings is 1. The van der Waals surface area contributed by atoms with Crippen molar-refractivity contribution in [2.45, 2.75) is 36.7 Å². The fourth-order valence-corrected chi connectivity index (χ4v) is 4.99. The molecule has 4 rings (SSSR count). The number of hydrogen-bond acceptors (Lipinski definition) is 5. The smallest absolute Gasteiger partial charge is 0.404 e. The van der Waals surface area contributed by atoms with Gasteiger partial charge in [-0.3, -0.25) is 14.3 Å². The molecule has 1 fully saturated rings. The third-order valence-corrected chi connectivity index (χ3v) is 6.67. The molecule has 2 N–H and O–H groups in total. The molecule has 0 radical (unpaired) electrons. The summed E-state index contributed by atoms with van der Waals surface area (Å²) in [7, 11) is -4.44. The molecular weight excluding hydrogens is 463 g/mol. The summed E-state index contributed by atoms with van der Waals surface area (Å²) in [6.45, 7) is 3.79. The minimum Gasteiger partial charge on any atom is -0.404 e. The average molecular weight is 481 g/mol. The van der Waals surface area contributed by atoms with Crippen molar-refractivity contribution in [3.63, 3.8) is 0 Å². The first kappa shape index (κ1) is 22.6. The Bertz CT molecular complexity index is 1260. The highest BCUT2D eigenvalue weighted by Crippen LogP contribution is 2.33. The standard InChI is InChI=1S/C21H18F3N3O5S/c1-12-6-9-16(19(28)25-12)27-11-13-10-14(7-8-15(13)20(27)29)26-33(30,31)18-5-3-2-4-17(18)32-21(22,23)24/h2-5,7-8,10,16,26H,1,6,9,11H2,(H,25,28). The average Bonchev–Trinajstić information content (AvgIpc) is 3.02. The Morgan fingerprint density at radius 1 is 1.15 bits per heavy atom. The molecule has 174 valence electrons. The molecule has 8 nitrogen and oxygen atoms in total. The van der Waals surface area contributed by atoms with Crippen molar-refractivity contribution < 1.29 is 35.9 Å². The lowest BCUT2D eigenvalue weighted by molar-refractivity contribution is -0.275. The number of anilines is 1. The van der Waals surface area contributed by atoms with Gasteiger partial charge in [-0.25, -0.2) is 8.42 Å². The molecule has 0 bridgehead atoms. The van der Waals surface area contributed by atoms with E-state index in [-0.39, 0.29) is 24.0 Å². The summed E-state index contributed by atoms with van der Waals surface area (Å²) in [5, 5.41) is 2.62. The third-order valence-electron chi connectivity index (χ3n) is 5.25. The lowest BCUT2D eigenvalue weighted by atomic mass is 10.0. The van der Waals surface area contributed by atoms with E-state index in [9.17, 15) is 31.2 Å². The molecule has 0 saturated carbocycles. The first-order valence-corrected chi connectivity index (χ1v) is 11.2. The number of rotatable bonds is 5. The lowest BCUT2D eigenvalue weighted by Gasteiger charge is -2.30. The molecule has 1 unspecified atom stereocenters. The number of para-hydroxylation sites is 1. The zero-order valence-corrected chi connectivity index (χ0v) is 17.8. The van der Waals surface area contributed by atoms with E-state index in [1.54, 1.807) is 0 Å². The molecular formula is C21H18F3N3O5S. The number of carbonyl (C=O) groups is 2. The summed E-state index contributed by atoms with van der Waals surface area (Å²) < 4.78 is 69.5. The molecule has 2 aliphatic heterocycles. The summed E-state index contributed by atoms with van der Waals surface area (Å²) in [5.41, 5.74) is 1.42. The van der Waals surface area contributed by atoms with Crippen LogP contribution in [0.15, 0.2) is 59.6 Å². The van der Waals surface area contributed by atoms with E-state index in [0.717, 1.165) is 12.1 Å². The van der Waals surface area contributed by atoms with Gasteiger partial charge in [0.05, 0.1) is 0 Å². The van der Waals surface area contributed by atoms with E-state index in [4.69, 9.17) is 0 Å². The number of carbonyl (C=O) groups excluding carboxylic acids is 2. The van der Waals surface area contributed by atoms with Gasteiger partial charge in [-0.2, -0.15) is 0 Å². The minimum atomic E-state index is -5.07. The Morgan fingerprint density at radius 3 is 2.58 bits per heavy atom. The number of fused-ring (bicyclic) bond motifs is 1. The van der Waals surface area contributed by atoms with Crippen LogP contribution >= 0.6 is 0 Å². The van der Waals surface area contributed by atoms with Gasteiger partial charge >= 0.3 is 6.36 Å². The second-order valence-electron chi connectivity index (χ2n) is 7.55. The van der Waals surface area contributed by atoms with Gasteiger partial charge in [0.2, 0.25) is 5.91 Å². The van der Waals surface area contributed by atoms with Crippen LogP contribution in [-0.4, -0.2) is 37.5 Å². The predicted molar refractivity (Wildman–Crippen MR) is 111 cm³/mol. The molecule has 2 aromatic rings. The number of halogens is 3. The molecule has 0 aliphatic carbocycles. The van der Waals surface area contributed by atoms with Crippen LogP contribution in [-0.2, 0) is 21.4 Å². The third kappa shape index (κ3) is 4.65. The topological polar surface area (TPSA) is 105 Å². The van der Waals surface area contributed by atoms with Crippen molar-refractivity contribution in [1.29, 1.82) is 0 Å². The number of sulfonamides is 1. The Labute approximate surface area is 187 Å². The molecule has 2 aliphatic rings. The highest BCUT2D eigenvalue weighted by atomic mass is 32.2. The van der Waals surface area contributed by atoms with Crippen LogP contribution in [0.1, 0.15) is 28.8 Å². The van der Waals surface area contributed by atoms with E-state index in [0.29, 0.717) is 29.7 Å². The van der Waals surface area contributed by atoms with Crippen molar-refractivity contribution >= 4 is 27.5 Å². The monoisotopic (exact) mass is 481 g/mol. The molecule has 33 heavy (non-hydrogen) atoms. The van der Waals surface area contributed by atoms with Crippen LogP contribution in [0.4, 0.5) is 18.9 Å². The number of allylic oxidation sites excluding steroid dienone is 1. The molecule has 2 heterocycles. The second kappa shape index (κ2) is 8.10. The maximum absolute atomic E-state index is 12.8. The van der Waals surface area contributed by atoms with Gasteiger partial charge in [0.25, 0.3) is 15.9 Å². The zero-order chi connectivity index (χ0) is 24.0. The fraction of sp³-hybridized carbons (Fsp3) is 0.238. The van der Waals surface area contributed by atoms with E-state index < -0.39 is 33.1 Å². The van der Waals surface area contributed by atoms with E-state index in [1.807, 2.05) is 0 Å². The number of alkyl halides is 3. The van der Waals surface area contributed by atoms with Crippen LogP contribution in [0.5, 0.6) is 5.75 Å². The summed E-state index contributed by atoms with van der Waals surface area (Å²) in [6, 6.07) is 7.83. The van der Waals surface area contributed by atoms with Crippen LogP contribution in [0, 0.1) is 0 Å². The van der Waals surface area contributed by atoms with Gasteiger partial charge in [0, 0.05) is 23.5 Å². The lowest BCUT2D eigenvalue weighted by Crippen LogP contribution is -2.49. The number of ether oxygens (including phenoxy) is 1. The number of nitrogens with zero attached hydrogens (tertiary/aromatic N) is 1. The Hall–Kier alpha value is -3.54. The normalized spacial score (nSPS) is 18.7. The van der Waals surface area contributed by atoms with E-state index >= 15 is 0 Å². The molecule has 1 atom stereocenters. The molecule has 0 spiro atoms. The maximum Gasteiger partial charge on any atom is 0.573 e. The van der Waals surface area contributed by atoms with E-state index in [1.165, 1.54) is 35.2 Å². The maximum atomic E-state index is 12.8. The number of nitrogens with one attached hydrogen (secondary N) is 2. The zero-order valence-electron chi connectivity index (χ0n) is 17.0. The van der Waals surface area contributed by atoms with Gasteiger partial charge in [0.1, 0.15) is 16.7 Å². The Morgan fingerprint density at radius 2 is 1.88 bits per heavy atom. The fourth-order valence-electron chi connectivity index (χ4n) is 3.81. The quantitative estimate of drug-likeness (QED) is 0.683. The minimum absolute atomic E-state index is 0.0479. The van der Waals surface area contributed by atoms with Crippen LogP contribution in [0.2, 0.25) is 0 Å². The van der Waals surface area contributed by atoms with Gasteiger partial charge in [-0.05, 0) is 48.7 Å². The first-order chi connectivity index (χ1) is 15.4. The van der Waals surface area contributed by atoms with Gasteiger partial charge < -0.3 is 15.0 Å². The van der Waals surface area contributed by atoms with Crippen LogP contribution in [0.3, 0.4) is 0 Å². The predicted octanol–water partition coefficient (Wildman–Crippen LogP) is 3.13. The van der Waals surface area contributed by atoms with Crippen LogP contribution < -0.4 is 14.8 Å². The summed E-state index contributed by atoms with van der Waals surface area (Å²) in [4.78, 5) is 25.8. The SMILES string of the molecule is C=C1CCC(N2Cc3cc(NS(=O)(=O)c4ccccc4OC(F)(F)F)ccc3C2=O)C(=O)N1. The summed E-state index contributed by atoms with van der Waals surface area (Å²) in [5.74, 6) is -1.57. The highest BCUT2D eigenvalue weighted by Gasteiger charge is 2.38. The van der Waals surface area contributed by atoms with Crippen LogP contribution in [0.25, 0.3) is 0 Å². The first-order valence-electron chi connectivity index (χ1n) is 9.75. The van der Waals surface area contributed by atoms with Gasteiger partial charge in [-0.1, -0.05) is 18.7 Å². The number of amides is 2. The molecule has 2 amide bonds. The van der Waals surface area contributed by atoms with Gasteiger partial charge in [-0.15, -0.1) is 13.2 Å². The molecule has 12 heteroatoms. The Balaban J connectivity index is 1.57. The molecule has 1 saturated heterocycles. The number of hydrogen-bond donors (Lipinski definition) is 2. The second-order valence-corrected chi connectivity index (χ2v) is 9.20. The van der Waals surface area contributed by atoms with Crippen molar-refractivity contribution in [3.05, 3.63) is 65.9 Å². The summed E-state index contributed by atoms with van der Waals surface area (Å²) >= 11 is 0. The molecule has 2 aromatic carbocycles. The van der Waals surface area contributed by atoms with Gasteiger partial charge in [0.15, 0.2) is 0 Å². The Kier molecular flexibility index (Phi) is 5.56. The number of benzene rings is 2. The van der Waals surface area contributed by atoms with Crippen molar-refractivity contribution in [2.75, 3.05) is 4.72 Å². The van der Waals surface area contributed by atoms with Crippen molar-refractivity contribution in [3.8, 4) is 5.75 Å². The highest BCUT2D eigenvalue weighted by molar-refractivity contribution is 7.92. The van der Waals surface area contributed by atoms with Crippen molar-refractivity contribution in [2.24, 2.45) is 0 Å². The van der Waals surface area contributed by atoms with Crippen molar-refractivity contribution in [1.82, 2.24) is 10.2 Å². The largest absolute Gasteiger partial charge is 0.573 e. The molecule has 0 aromatic heterocycles.